The van der Waals surface area contributed by atoms with Gasteiger partial charge in [0, 0.05) is 16.3 Å². The summed E-state index contributed by atoms with van der Waals surface area (Å²) in [5.41, 5.74) is 0.237. The summed E-state index contributed by atoms with van der Waals surface area (Å²) in [6.45, 7) is -0.796. The van der Waals surface area contributed by atoms with E-state index in [-0.39, 0.29) is 29.5 Å². The lowest BCUT2D eigenvalue weighted by Gasteiger charge is -2.45. The summed E-state index contributed by atoms with van der Waals surface area (Å²) in [6, 6.07) is 7.57. The number of carbonyl (C=O) groups is 2. The SMILES string of the molecule is O=C1C(=O)N([C@H]2O[C@@H](CO)[C@H](O)[C@H](O)[C@@H]2O)c2cc3ccc(O)cc3c3c4c(cc1c23)OCO4. The number of aromatic hydroxyl groups is 1. The van der Waals surface area contributed by atoms with Crippen molar-refractivity contribution in [2.24, 2.45) is 0 Å². The van der Waals surface area contributed by atoms with E-state index >= 15 is 0 Å². The van der Waals surface area contributed by atoms with Gasteiger partial charge in [-0.3, -0.25) is 14.5 Å². The molecular weight excluding hydrogens is 450 g/mol. The fourth-order valence-electron chi connectivity index (χ4n) is 4.92. The second-order valence-electron chi connectivity index (χ2n) is 8.43. The van der Waals surface area contributed by atoms with Crippen molar-refractivity contribution in [3.8, 4) is 17.2 Å². The number of hydrogen-bond donors (Lipinski definition) is 5. The molecule has 3 aliphatic rings. The highest BCUT2D eigenvalue weighted by Gasteiger charge is 2.50. The van der Waals surface area contributed by atoms with Gasteiger partial charge < -0.3 is 39.7 Å². The molecule has 34 heavy (non-hydrogen) atoms. The number of hydrogen-bond acceptors (Lipinski definition) is 10. The van der Waals surface area contributed by atoms with Gasteiger partial charge in [-0.1, -0.05) is 6.07 Å². The summed E-state index contributed by atoms with van der Waals surface area (Å²) in [5, 5.41) is 52.7. The van der Waals surface area contributed by atoms with Gasteiger partial charge in [0.05, 0.1) is 12.3 Å². The fraction of sp³-hybridized carbons (Fsp3) is 0.304. The topological polar surface area (TPSA) is 166 Å². The van der Waals surface area contributed by atoms with E-state index in [2.05, 4.69) is 0 Å². The molecule has 11 heteroatoms. The number of anilines is 1. The third kappa shape index (κ3) is 2.70. The van der Waals surface area contributed by atoms with Crippen molar-refractivity contribution in [1.82, 2.24) is 0 Å². The number of phenols is 1. The van der Waals surface area contributed by atoms with Crippen LogP contribution in [0, 0.1) is 0 Å². The Bertz CT molecular complexity index is 1390. The summed E-state index contributed by atoms with van der Waals surface area (Å²) in [5.74, 6) is -1.37. The second kappa shape index (κ2) is 7.26. The zero-order valence-electron chi connectivity index (χ0n) is 17.4. The molecule has 0 spiro atoms. The number of nitrogens with zero attached hydrogens (tertiary/aromatic N) is 1. The monoisotopic (exact) mass is 469 g/mol. The van der Waals surface area contributed by atoms with Crippen molar-refractivity contribution in [2.45, 2.75) is 30.6 Å². The average molecular weight is 469 g/mol. The summed E-state index contributed by atoms with van der Waals surface area (Å²) >= 11 is 0. The molecule has 0 radical (unpaired) electrons. The van der Waals surface area contributed by atoms with Gasteiger partial charge in [-0.25, -0.2) is 0 Å². The Kier molecular flexibility index (Phi) is 4.50. The molecule has 1 fully saturated rings. The zero-order chi connectivity index (χ0) is 23.9. The number of Topliss-reactive ketones (excluding diaryl/α,β-unsaturated/α-hetero) is 1. The average Bonchev–Trinajstić information content (AvgIpc) is 3.30. The summed E-state index contributed by atoms with van der Waals surface area (Å²) in [4.78, 5) is 27.5. The number of aliphatic hydroxyl groups is 4. The summed E-state index contributed by atoms with van der Waals surface area (Å²) in [7, 11) is 0. The minimum absolute atomic E-state index is 0.0233. The Morgan fingerprint density at radius 3 is 2.53 bits per heavy atom. The largest absolute Gasteiger partial charge is 0.508 e. The van der Waals surface area contributed by atoms with Crippen LogP contribution in [-0.4, -0.2) is 81.3 Å². The normalized spacial score (nSPS) is 28.2. The van der Waals surface area contributed by atoms with E-state index in [9.17, 15) is 35.1 Å². The number of phenolic OH excluding ortho intramolecular Hbond substituents is 1. The molecule has 0 unspecified atom stereocenters. The van der Waals surface area contributed by atoms with E-state index in [1.807, 2.05) is 0 Å². The van der Waals surface area contributed by atoms with Crippen molar-refractivity contribution in [2.75, 3.05) is 18.3 Å². The van der Waals surface area contributed by atoms with E-state index < -0.39 is 48.9 Å². The van der Waals surface area contributed by atoms with Crippen molar-refractivity contribution >= 4 is 38.9 Å². The molecule has 3 aromatic carbocycles. The molecule has 1 amide bonds. The number of ketones is 1. The van der Waals surface area contributed by atoms with E-state index in [4.69, 9.17) is 14.2 Å². The van der Waals surface area contributed by atoms with Crippen molar-refractivity contribution in [1.29, 1.82) is 0 Å². The maximum absolute atomic E-state index is 13.3. The van der Waals surface area contributed by atoms with E-state index in [0.717, 1.165) is 4.90 Å². The lowest BCUT2D eigenvalue weighted by molar-refractivity contribution is -0.228. The third-order valence-electron chi connectivity index (χ3n) is 6.56. The Labute approximate surface area is 190 Å². The molecule has 3 aliphatic heterocycles. The Morgan fingerprint density at radius 1 is 0.971 bits per heavy atom. The first kappa shape index (κ1) is 21.1. The van der Waals surface area contributed by atoms with Crippen LogP contribution >= 0.6 is 0 Å². The van der Waals surface area contributed by atoms with E-state index in [1.54, 1.807) is 12.1 Å². The van der Waals surface area contributed by atoms with Crippen LogP contribution in [0.15, 0.2) is 30.3 Å². The number of carbonyl (C=O) groups excluding carboxylic acids is 2. The molecule has 0 aliphatic carbocycles. The number of fused-ring (bicyclic) bond motifs is 4. The van der Waals surface area contributed by atoms with Gasteiger partial charge in [-0.15, -0.1) is 0 Å². The van der Waals surface area contributed by atoms with Gasteiger partial charge >= 0.3 is 5.91 Å². The van der Waals surface area contributed by atoms with Gasteiger partial charge in [0.25, 0.3) is 5.78 Å². The first-order valence-electron chi connectivity index (χ1n) is 10.5. The minimum Gasteiger partial charge on any atom is -0.508 e. The fourth-order valence-corrected chi connectivity index (χ4v) is 4.92. The molecule has 3 aromatic rings. The van der Waals surface area contributed by atoms with Crippen molar-refractivity contribution in [3.63, 3.8) is 0 Å². The first-order valence-corrected chi connectivity index (χ1v) is 10.5. The predicted octanol–water partition coefficient (Wildman–Crippen LogP) is -0.243. The molecule has 3 heterocycles. The van der Waals surface area contributed by atoms with Gasteiger partial charge in [-0.05, 0) is 35.0 Å². The van der Waals surface area contributed by atoms with Crippen LogP contribution in [0.25, 0.3) is 21.5 Å². The molecule has 0 saturated carbocycles. The molecule has 176 valence electrons. The number of ether oxygens (including phenoxy) is 3. The molecule has 0 aromatic heterocycles. The Hall–Kier alpha value is -3.48. The Balaban J connectivity index is 1.67. The molecule has 5 atom stereocenters. The first-order chi connectivity index (χ1) is 16.3. The van der Waals surface area contributed by atoms with Crippen LogP contribution < -0.4 is 14.4 Å². The standard InChI is InChI=1S/C23H19NO10/c25-6-14-18(28)19(29)20(30)23(34-14)24-12-3-8-1-2-9(26)4-10(8)16-15(12)11(17(27)22(24)31)5-13-21(16)33-7-32-13/h1-5,14,18-20,23,25-26,28-30H,6-7H2/t14-,18-,19-,20-,23-/m0/s1. The smallest absolute Gasteiger partial charge is 0.301 e. The lowest BCUT2D eigenvalue weighted by Crippen LogP contribution is -2.65. The number of amides is 1. The van der Waals surface area contributed by atoms with E-state index in [1.165, 1.54) is 18.2 Å². The van der Waals surface area contributed by atoms with Crippen LogP contribution in [-0.2, 0) is 9.53 Å². The zero-order valence-corrected chi connectivity index (χ0v) is 17.4. The third-order valence-corrected chi connectivity index (χ3v) is 6.56. The van der Waals surface area contributed by atoms with Gasteiger partial charge in [0.1, 0.15) is 30.2 Å². The summed E-state index contributed by atoms with van der Waals surface area (Å²) < 4.78 is 16.7. The van der Waals surface area contributed by atoms with E-state index in [0.29, 0.717) is 27.3 Å². The molecular formula is C23H19NO10. The van der Waals surface area contributed by atoms with Crippen LogP contribution in [0.1, 0.15) is 10.4 Å². The molecule has 0 bridgehead atoms. The highest BCUT2D eigenvalue weighted by Crippen LogP contribution is 2.50. The highest BCUT2D eigenvalue weighted by atomic mass is 16.7. The number of aliphatic hydroxyl groups excluding tert-OH is 4. The number of rotatable bonds is 2. The Morgan fingerprint density at radius 2 is 1.76 bits per heavy atom. The number of benzene rings is 3. The van der Waals surface area contributed by atoms with Gasteiger partial charge in [0.15, 0.2) is 17.7 Å². The maximum atomic E-state index is 13.3. The van der Waals surface area contributed by atoms with Crippen molar-refractivity contribution < 1.29 is 49.3 Å². The minimum atomic E-state index is -1.78. The summed E-state index contributed by atoms with van der Waals surface area (Å²) in [6.07, 6.45) is -8.02. The van der Waals surface area contributed by atoms with Crippen LogP contribution in [0.5, 0.6) is 17.2 Å². The maximum Gasteiger partial charge on any atom is 0.301 e. The molecule has 6 rings (SSSR count). The molecule has 11 nitrogen and oxygen atoms in total. The van der Waals surface area contributed by atoms with Crippen molar-refractivity contribution in [3.05, 3.63) is 35.9 Å². The second-order valence-corrected chi connectivity index (χ2v) is 8.43. The van der Waals surface area contributed by atoms with Gasteiger partial charge in [0.2, 0.25) is 6.79 Å². The quantitative estimate of drug-likeness (QED) is 0.250. The van der Waals surface area contributed by atoms with Crippen LogP contribution in [0.4, 0.5) is 5.69 Å². The predicted molar refractivity (Wildman–Crippen MR) is 115 cm³/mol. The molecule has 1 saturated heterocycles. The molecule has 5 N–H and O–H groups in total. The lowest BCUT2D eigenvalue weighted by atomic mass is 9.88. The van der Waals surface area contributed by atoms with Gasteiger partial charge in [-0.2, -0.15) is 0 Å². The van der Waals surface area contributed by atoms with Crippen LogP contribution in [0.2, 0.25) is 0 Å². The van der Waals surface area contributed by atoms with Crippen LogP contribution in [0.3, 0.4) is 0 Å². The highest BCUT2D eigenvalue weighted by molar-refractivity contribution is 6.53.